The molecule has 2 nitrogen and oxygen atoms in total. The second kappa shape index (κ2) is 4.99. The number of hydrogen-bond acceptors (Lipinski definition) is 3. The molecule has 0 saturated heterocycles. The fourth-order valence-electron chi connectivity index (χ4n) is 1.30. The van der Waals surface area contributed by atoms with E-state index < -0.39 is 10.8 Å². The smallest absolute Gasteiger partial charge is 0.0627 e. The van der Waals surface area contributed by atoms with Crippen LogP contribution >= 0.6 is 22.9 Å². The predicted octanol–water partition coefficient (Wildman–Crippen LogP) is 3.29. The van der Waals surface area contributed by atoms with Crippen molar-refractivity contribution in [2.24, 2.45) is 0 Å². The topological polar surface area (TPSA) is 43.1 Å². The first kappa shape index (κ1) is 11.6. The van der Waals surface area contributed by atoms with Crippen LogP contribution in [0, 0.1) is 0 Å². The summed E-state index contributed by atoms with van der Waals surface area (Å²) in [6.45, 7) is 0. The maximum atomic E-state index is 12.0. The highest BCUT2D eigenvalue weighted by Gasteiger charge is 2.10. The Kier molecular flexibility index (Phi) is 3.63. The van der Waals surface area contributed by atoms with Crippen molar-refractivity contribution in [3.8, 4) is 0 Å². The molecule has 2 rings (SSSR count). The molecule has 1 aromatic carbocycles. The summed E-state index contributed by atoms with van der Waals surface area (Å²) in [5.41, 5.74) is 6.17. The molecule has 0 bridgehead atoms. The average Bonchev–Trinajstić information content (AvgIpc) is 2.70. The van der Waals surface area contributed by atoms with E-state index in [4.69, 9.17) is 17.3 Å². The molecule has 2 aromatic rings. The van der Waals surface area contributed by atoms with E-state index in [1.54, 1.807) is 29.5 Å². The minimum absolute atomic E-state index is 0.467. The van der Waals surface area contributed by atoms with Crippen LogP contribution in [0.3, 0.4) is 0 Å². The summed E-state index contributed by atoms with van der Waals surface area (Å²) >= 11 is 7.59. The molecule has 1 aromatic heterocycles. The lowest BCUT2D eigenvalue weighted by molar-refractivity contribution is 0.683. The highest BCUT2D eigenvalue weighted by atomic mass is 35.5. The summed E-state index contributed by atoms with van der Waals surface area (Å²) < 4.78 is 12.0. The Labute approximate surface area is 106 Å². The van der Waals surface area contributed by atoms with E-state index in [1.807, 2.05) is 17.5 Å². The molecule has 0 radical (unpaired) electrons. The second-order valence-corrected chi connectivity index (χ2v) is 6.12. The van der Waals surface area contributed by atoms with Gasteiger partial charge in [0.2, 0.25) is 0 Å². The molecule has 0 fully saturated rings. The molecular weight excluding hydrogens is 262 g/mol. The fourth-order valence-corrected chi connectivity index (χ4v) is 3.84. The number of nitrogen functional groups attached to an aromatic ring is 1. The van der Waals surface area contributed by atoms with Crippen molar-refractivity contribution in [2.75, 3.05) is 5.73 Å². The summed E-state index contributed by atoms with van der Waals surface area (Å²) in [7, 11) is -1.11. The van der Waals surface area contributed by atoms with Crippen molar-refractivity contribution >= 4 is 39.4 Å². The summed E-state index contributed by atoms with van der Waals surface area (Å²) in [6.07, 6.45) is 0. The Morgan fingerprint density at radius 3 is 2.81 bits per heavy atom. The molecule has 0 amide bonds. The third-order valence-corrected chi connectivity index (χ3v) is 4.96. The molecule has 0 saturated carbocycles. The van der Waals surface area contributed by atoms with Crippen LogP contribution in [-0.4, -0.2) is 4.21 Å². The molecular formula is C11H10ClNOS2. The van der Waals surface area contributed by atoms with Crippen molar-refractivity contribution in [3.05, 3.63) is 45.6 Å². The Balaban J connectivity index is 2.21. The van der Waals surface area contributed by atoms with Gasteiger partial charge in [-0.05, 0) is 29.6 Å². The van der Waals surface area contributed by atoms with Crippen molar-refractivity contribution in [1.82, 2.24) is 0 Å². The van der Waals surface area contributed by atoms with Gasteiger partial charge in [-0.3, -0.25) is 4.21 Å². The first-order chi connectivity index (χ1) is 7.66. The number of rotatable bonds is 3. The zero-order chi connectivity index (χ0) is 11.5. The van der Waals surface area contributed by atoms with Crippen molar-refractivity contribution in [3.63, 3.8) is 0 Å². The first-order valence-electron chi connectivity index (χ1n) is 4.62. The largest absolute Gasteiger partial charge is 0.399 e. The van der Waals surface area contributed by atoms with Crippen molar-refractivity contribution in [2.45, 2.75) is 10.6 Å². The third-order valence-electron chi connectivity index (χ3n) is 2.05. The summed E-state index contributed by atoms with van der Waals surface area (Å²) in [5, 5.41) is 2.44. The van der Waals surface area contributed by atoms with E-state index in [9.17, 15) is 4.21 Å². The Bertz CT molecular complexity index is 511. The number of thiophene rings is 1. The maximum absolute atomic E-state index is 12.0. The average molecular weight is 272 g/mol. The van der Waals surface area contributed by atoms with E-state index in [-0.39, 0.29) is 0 Å². The van der Waals surface area contributed by atoms with Gasteiger partial charge in [0, 0.05) is 10.6 Å². The monoisotopic (exact) mass is 271 g/mol. The van der Waals surface area contributed by atoms with Gasteiger partial charge in [-0.15, -0.1) is 11.3 Å². The van der Waals surface area contributed by atoms with Gasteiger partial charge in [0.05, 0.1) is 26.5 Å². The molecule has 2 N–H and O–H groups in total. The van der Waals surface area contributed by atoms with Gasteiger partial charge >= 0.3 is 0 Å². The van der Waals surface area contributed by atoms with Crippen LogP contribution in [-0.2, 0) is 16.6 Å². The van der Waals surface area contributed by atoms with Gasteiger partial charge in [-0.25, -0.2) is 0 Å². The quantitative estimate of drug-likeness (QED) is 0.871. The Morgan fingerprint density at radius 1 is 1.38 bits per heavy atom. The third kappa shape index (κ3) is 2.64. The van der Waals surface area contributed by atoms with Gasteiger partial charge in [-0.1, -0.05) is 17.7 Å². The molecule has 0 aliphatic heterocycles. The van der Waals surface area contributed by atoms with E-state index in [1.165, 1.54) is 0 Å². The highest BCUT2D eigenvalue weighted by Crippen LogP contribution is 2.25. The number of hydrogen-bond donors (Lipinski definition) is 1. The predicted molar refractivity (Wildman–Crippen MR) is 70.3 cm³/mol. The van der Waals surface area contributed by atoms with E-state index in [2.05, 4.69) is 0 Å². The van der Waals surface area contributed by atoms with Crippen LogP contribution < -0.4 is 5.73 Å². The fraction of sp³-hybridized carbons (Fsp3) is 0.0909. The van der Waals surface area contributed by atoms with Crippen LogP contribution in [0.1, 0.15) is 4.88 Å². The number of nitrogens with two attached hydrogens (primary N) is 1. The second-order valence-electron chi connectivity index (χ2n) is 3.26. The van der Waals surface area contributed by atoms with E-state index in [0.29, 0.717) is 21.4 Å². The minimum Gasteiger partial charge on any atom is -0.399 e. The lowest BCUT2D eigenvalue weighted by Gasteiger charge is -2.04. The molecule has 5 heteroatoms. The van der Waals surface area contributed by atoms with Crippen LogP contribution in [0.5, 0.6) is 0 Å². The molecule has 1 atom stereocenters. The van der Waals surface area contributed by atoms with Crippen LogP contribution in [0.25, 0.3) is 0 Å². The summed E-state index contributed by atoms with van der Waals surface area (Å²) in [5.74, 6) is 0.501. The molecule has 0 aliphatic carbocycles. The molecule has 84 valence electrons. The molecule has 0 spiro atoms. The van der Waals surface area contributed by atoms with Crippen LogP contribution in [0.15, 0.2) is 40.6 Å². The van der Waals surface area contributed by atoms with Gasteiger partial charge in [0.1, 0.15) is 0 Å². The van der Waals surface area contributed by atoms with Gasteiger partial charge in [0.25, 0.3) is 0 Å². The Morgan fingerprint density at radius 2 is 2.19 bits per heavy atom. The number of halogens is 1. The van der Waals surface area contributed by atoms with Gasteiger partial charge in [-0.2, -0.15) is 0 Å². The van der Waals surface area contributed by atoms with Crippen molar-refractivity contribution in [1.29, 1.82) is 0 Å². The SMILES string of the molecule is Nc1ccc(S(=O)Cc2cccs2)c(Cl)c1. The van der Waals surface area contributed by atoms with Gasteiger partial charge < -0.3 is 5.73 Å². The first-order valence-corrected chi connectivity index (χ1v) is 7.20. The lowest BCUT2D eigenvalue weighted by atomic mass is 10.3. The number of benzene rings is 1. The normalized spacial score (nSPS) is 12.6. The van der Waals surface area contributed by atoms with Crippen LogP contribution in [0.2, 0.25) is 5.02 Å². The van der Waals surface area contributed by atoms with E-state index in [0.717, 1.165) is 4.88 Å². The van der Waals surface area contributed by atoms with Crippen molar-refractivity contribution < 1.29 is 4.21 Å². The zero-order valence-corrected chi connectivity index (χ0v) is 10.7. The minimum atomic E-state index is -1.11. The van der Waals surface area contributed by atoms with E-state index >= 15 is 0 Å². The summed E-state index contributed by atoms with van der Waals surface area (Å²) in [6, 6.07) is 8.98. The highest BCUT2D eigenvalue weighted by molar-refractivity contribution is 7.84. The number of anilines is 1. The zero-order valence-electron chi connectivity index (χ0n) is 8.35. The lowest BCUT2D eigenvalue weighted by Crippen LogP contribution is -1.96. The van der Waals surface area contributed by atoms with Crippen LogP contribution in [0.4, 0.5) is 5.69 Å². The molecule has 1 heterocycles. The maximum Gasteiger partial charge on any atom is 0.0627 e. The molecule has 1 unspecified atom stereocenters. The molecule has 0 aliphatic rings. The Hall–Kier alpha value is -0.840. The summed E-state index contributed by atoms with van der Waals surface area (Å²) in [4.78, 5) is 1.73. The molecule has 16 heavy (non-hydrogen) atoms. The van der Waals surface area contributed by atoms with Gasteiger partial charge in [0.15, 0.2) is 0 Å². The standard InChI is InChI=1S/C11H10ClNOS2/c12-10-6-8(13)3-4-11(10)16(14)7-9-2-1-5-15-9/h1-6H,7,13H2.